The van der Waals surface area contributed by atoms with E-state index in [-0.39, 0.29) is 5.41 Å². The van der Waals surface area contributed by atoms with Crippen LogP contribution in [0, 0.1) is 0 Å². The molecule has 0 aliphatic carbocycles. The van der Waals surface area contributed by atoms with E-state index in [0.29, 0.717) is 6.04 Å². The molecule has 1 aliphatic heterocycles. The number of para-hydroxylation sites is 1. The van der Waals surface area contributed by atoms with Crippen molar-refractivity contribution in [2.24, 2.45) is 0 Å². The van der Waals surface area contributed by atoms with Crippen molar-refractivity contribution in [1.29, 1.82) is 0 Å². The maximum Gasteiger partial charge on any atom is 0.123 e. The van der Waals surface area contributed by atoms with Gasteiger partial charge in [0.25, 0.3) is 0 Å². The minimum absolute atomic E-state index is 0.209. The largest absolute Gasteiger partial charge is 0.494 e. The molecule has 1 heterocycles. The Morgan fingerprint density at radius 3 is 2.82 bits per heavy atom. The molecule has 1 saturated heterocycles. The average Bonchev–Trinajstić information content (AvgIpc) is 2.72. The second kappa shape index (κ2) is 5.09. The summed E-state index contributed by atoms with van der Waals surface area (Å²) in [5.41, 5.74) is 1.57. The Bertz CT molecular complexity index is 377. The first kappa shape index (κ1) is 12.4. The van der Waals surface area contributed by atoms with E-state index >= 15 is 0 Å². The van der Waals surface area contributed by atoms with Crippen LogP contribution in [0.2, 0.25) is 0 Å². The van der Waals surface area contributed by atoms with Crippen LogP contribution in [-0.4, -0.2) is 19.2 Å². The maximum atomic E-state index is 5.78. The highest BCUT2D eigenvalue weighted by Crippen LogP contribution is 2.40. The standard InChI is InChI=1S/C15H23NO/c1-4-14-15(3,10-11-16-14)12-8-6-7-9-13(12)17-5-2/h6-9,14,16H,4-5,10-11H2,1-3H3. The predicted molar refractivity (Wildman–Crippen MR) is 71.7 cm³/mol. The minimum Gasteiger partial charge on any atom is -0.494 e. The van der Waals surface area contributed by atoms with Crippen LogP contribution in [0.3, 0.4) is 0 Å². The Morgan fingerprint density at radius 2 is 2.12 bits per heavy atom. The molecule has 0 amide bonds. The third-order valence-electron chi connectivity index (χ3n) is 4.01. The lowest BCUT2D eigenvalue weighted by Gasteiger charge is -2.32. The normalized spacial score (nSPS) is 28.3. The van der Waals surface area contributed by atoms with Gasteiger partial charge in [0, 0.05) is 17.0 Å². The smallest absolute Gasteiger partial charge is 0.123 e. The topological polar surface area (TPSA) is 21.3 Å². The number of hydrogen-bond acceptors (Lipinski definition) is 2. The molecule has 1 aliphatic rings. The number of nitrogens with one attached hydrogen (secondary N) is 1. The average molecular weight is 233 g/mol. The summed E-state index contributed by atoms with van der Waals surface area (Å²) in [4.78, 5) is 0. The fourth-order valence-electron chi connectivity index (χ4n) is 3.04. The number of rotatable bonds is 4. The van der Waals surface area contributed by atoms with Crippen LogP contribution >= 0.6 is 0 Å². The first-order valence-corrected chi connectivity index (χ1v) is 6.68. The Hall–Kier alpha value is -1.02. The van der Waals surface area contributed by atoms with E-state index < -0.39 is 0 Å². The Morgan fingerprint density at radius 1 is 1.35 bits per heavy atom. The molecule has 17 heavy (non-hydrogen) atoms. The van der Waals surface area contributed by atoms with Gasteiger partial charge in [0.05, 0.1) is 6.61 Å². The molecule has 1 fully saturated rings. The van der Waals surface area contributed by atoms with Gasteiger partial charge in [-0.3, -0.25) is 0 Å². The van der Waals surface area contributed by atoms with E-state index in [9.17, 15) is 0 Å². The summed E-state index contributed by atoms with van der Waals surface area (Å²) in [5, 5.41) is 3.61. The molecule has 1 N–H and O–H groups in total. The highest BCUT2D eigenvalue weighted by atomic mass is 16.5. The molecule has 0 saturated carbocycles. The van der Waals surface area contributed by atoms with Crippen molar-refractivity contribution in [3.63, 3.8) is 0 Å². The molecule has 0 radical (unpaired) electrons. The molecule has 1 aromatic rings. The summed E-state index contributed by atoms with van der Waals surface area (Å²) in [6.45, 7) is 8.50. The molecular formula is C15H23NO. The van der Waals surface area contributed by atoms with Gasteiger partial charge in [-0.2, -0.15) is 0 Å². The highest BCUT2D eigenvalue weighted by molar-refractivity contribution is 5.41. The first-order valence-electron chi connectivity index (χ1n) is 6.68. The second-order valence-corrected chi connectivity index (χ2v) is 5.01. The molecule has 2 unspecified atom stereocenters. The van der Waals surface area contributed by atoms with E-state index in [0.717, 1.165) is 25.3 Å². The van der Waals surface area contributed by atoms with Crippen LogP contribution in [0.5, 0.6) is 5.75 Å². The van der Waals surface area contributed by atoms with Crippen LogP contribution < -0.4 is 10.1 Å². The number of hydrogen-bond donors (Lipinski definition) is 1. The van der Waals surface area contributed by atoms with Crippen molar-refractivity contribution in [1.82, 2.24) is 5.32 Å². The van der Waals surface area contributed by atoms with E-state index in [1.807, 2.05) is 6.92 Å². The van der Waals surface area contributed by atoms with Gasteiger partial charge in [0.2, 0.25) is 0 Å². The molecular weight excluding hydrogens is 210 g/mol. The van der Waals surface area contributed by atoms with Gasteiger partial charge >= 0.3 is 0 Å². The van der Waals surface area contributed by atoms with E-state index in [2.05, 4.69) is 43.4 Å². The van der Waals surface area contributed by atoms with Crippen molar-refractivity contribution in [3.05, 3.63) is 29.8 Å². The second-order valence-electron chi connectivity index (χ2n) is 5.01. The lowest BCUT2D eigenvalue weighted by Crippen LogP contribution is -2.37. The lowest BCUT2D eigenvalue weighted by molar-refractivity contribution is 0.315. The zero-order valence-corrected chi connectivity index (χ0v) is 11.1. The molecule has 94 valence electrons. The zero-order valence-electron chi connectivity index (χ0n) is 11.1. The van der Waals surface area contributed by atoms with Crippen molar-refractivity contribution >= 4 is 0 Å². The van der Waals surface area contributed by atoms with Crippen LogP contribution in [-0.2, 0) is 5.41 Å². The molecule has 0 aromatic heterocycles. The molecule has 2 rings (SSSR count). The van der Waals surface area contributed by atoms with Gasteiger partial charge in [0.1, 0.15) is 5.75 Å². The molecule has 1 aromatic carbocycles. The van der Waals surface area contributed by atoms with Gasteiger partial charge < -0.3 is 10.1 Å². The summed E-state index contributed by atoms with van der Waals surface area (Å²) < 4.78 is 5.78. The molecule has 0 spiro atoms. The van der Waals surface area contributed by atoms with E-state index in [1.54, 1.807) is 0 Å². The summed E-state index contributed by atoms with van der Waals surface area (Å²) in [6, 6.07) is 9.05. The van der Waals surface area contributed by atoms with Crippen molar-refractivity contribution < 1.29 is 4.74 Å². The Kier molecular flexibility index (Phi) is 3.72. The predicted octanol–water partition coefficient (Wildman–Crippen LogP) is 3.11. The van der Waals surface area contributed by atoms with Gasteiger partial charge in [0.15, 0.2) is 0 Å². The number of ether oxygens (including phenoxy) is 1. The zero-order chi connectivity index (χ0) is 12.3. The molecule has 2 nitrogen and oxygen atoms in total. The summed E-state index contributed by atoms with van der Waals surface area (Å²) in [6.07, 6.45) is 2.35. The SMILES string of the molecule is CCOc1ccccc1C1(C)CCNC1CC. The number of benzene rings is 1. The third kappa shape index (κ3) is 2.19. The maximum absolute atomic E-state index is 5.78. The van der Waals surface area contributed by atoms with Crippen molar-refractivity contribution in [2.75, 3.05) is 13.2 Å². The van der Waals surface area contributed by atoms with Gasteiger partial charge in [-0.25, -0.2) is 0 Å². The Balaban J connectivity index is 2.38. The molecule has 0 bridgehead atoms. The molecule has 2 heteroatoms. The van der Waals surface area contributed by atoms with E-state index in [1.165, 1.54) is 12.0 Å². The van der Waals surface area contributed by atoms with Crippen molar-refractivity contribution in [2.45, 2.75) is 45.1 Å². The van der Waals surface area contributed by atoms with Gasteiger partial charge in [-0.15, -0.1) is 0 Å². The lowest BCUT2D eigenvalue weighted by atomic mass is 9.75. The van der Waals surface area contributed by atoms with E-state index in [4.69, 9.17) is 4.74 Å². The molecule has 2 atom stereocenters. The summed E-state index contributed by atoms with van der Waals surface area (Å²) >= 11 is 0. The summed E-state index contributed by atoms with van der Waals surface area (Å²) in [5.74, 6) is 1.06. The van der Waals surface area contributed by atoms with Crippen LogP contribution in [0.15, 0.2) is 24.3 Å². The van der Waals surface area contributed by atoms with Crippen LogP contribution in [0.4, 0.5) is 0 Å². The Labute approximate surface area is 104 Å². The summed E-state index contributed by atoms with van der Waals surface area (Å²) in [7, 11) is 0. The fourth-order valence-corrected chi connectivity index (χ4v) is 3.04. The minimum atomic E-state index is 0.209. The van der Waals surface area contributed by atoms with Crippen LogP contribution in [0.25, 0.3) is 0 Å². The fraction of sp³-hybridized carbons (Fsp3) is 0.600. The monoisotopic (exact) mass is 233 g/mol. The van der Waals surface area contributed by atoms with Gasteiger partial charge in [-0.1, -0.05) is 32.0 Å². The third-order valence-corrected chi connectivity index (χ3v) is 4.01. The van der Waals surface area contributed by atoms with Crippen LogP contribution in [0.1, 0.15) is 39.2 Å². The quantitative estimate of drug-likeness (QED) is 0.862. The highest BCUT2D eigenvalue weighted by Gasteiger charge is 2.40. The first-order chi connectivity index (χ1) is 8.22. The van der Waals surface area contributed by atoms with Crippen molar-refractivity contribution in [3.8, 4) is 5.75 Å². The van der Waals surface area contributed by atoms with Gasteiger partial charge in [-0.05, 0) is 32.4 Å².